The summed E-state index contributed by atoms with van der Waals surface area (Å²) < 4.78 is 10.2. The number of morpholine rings is 1. The Hall–Kier alpha value is -3.36. The molecule has 1 aromatic heterocycles. The molecule has 1 aliphatic rings. The third kappa shape index (κ3) is 5.97. The van der Waals surface area contributed by atoms with Gasteiger partial charge >= 0.3 is 0 Å². The lowest BCUT2D eigenvalue weighted by Gasteiger charge is -2.26. The van der Waals surface area contributed by atoms with Crippen LogP contribution in [-0.2, 0) is 8.92 Å². The summed E-state index contributed by atoms with van der Waals surface area (Å²) in [5, 5.41) is 3.09. The van der Waals surface area contributed by atoms with Crippen molar-refractivity contribution < 1.29 is 13.7 Å². The van der Waals surface area contributed by atoms with Crippen molar-refractivity contribution in [3.63, 3.8) is 0 Å². The first-order valence-corrected chi connectivity index (χ1v) is 13.1. The number of amides is 1. The van der Waals surface area contributed by atoms with Gasteiger partial charge in [0.1, 0.15) is 5.82 Å². The molecule has 0 atom stereocenters. The van der Waals surface area contributed by atoms with Crippen LogP contribution in [0.25, 0.3) is 33.2 Å². The molecule has 2 heterocycles. The van der Waals surface area contributed by atoms with Gasteiger partial charge in [0.25, 0.3) is 5.91 Å². The number of fused-ring (bicyclic) bond motifs is 2. The van der Waals surface area contributed by atoms with Crippen LogP contribution in [0.3, 0.4) is 0 Å². The van der Waals surface area contributed by atoms with Gasteiger partial charge in [-0.2, -0.15) is 0 Å². The zero-order chi connectivity index (χ0) is 25.6. The number of H-pyrrole nitrogens is 1. The number of imidazole rings is 1. The molecule has 188 valence electrons. The molecular formula is C29H26ClN3O3S. The van der Waals surface area contributed by atoms with Crippen molar-refractivity contribution in [1.29, 1.82) is 0 Å². The van der Waals surface area contributed by atoms with Gasteiger partial charge in [-0.1, -0.05) is 54.1 Å². The lowest BCUT2D eigenvalue weighted by Crippen LogP contribution is -2.40. The normalized spacial score (nSPS) is 13.4. The highest BCUT2D eigenvalue weighted by atomic mass is 35.5. The predicted octanol–water partition coefficient (Wildman–Crippen LogP) is 6.85. The molecule has 1 amide bonds. The smallest absolute Gasteiger partial charge is 0.254 e. The fraction of sp³-hybridized carbons (Fsp3) is 0.172. The lowest BCUT2D eigenvalue weighted by molar-refractivity contribution is 0.0303. The number of rotatable bonds is 4. The number of nitrogens with zero attached hydrogens (tertiary/aromatic N) is 2. The van der Waals surface area contributed by atoms with Gasteiger partial charge in [-0.05, 0) is 53.2 Å². The number of aromatic nitrogens is 2. The highest BCUT2D eigenvalue weighted by Crippen LogP contribution is 2.28. The minimum Gasteiger partial charge on any atom is -0.378 e. The number of halogens is 1. The van der Waals surface area contributed by atoms with Crippen molar-refractivity contribution in [2.45, 2.75) is 4.90 Å². The Kier molecular flexibility index (Phi) is 8.06. The number of hydrogen-bond donors (Lipinski definition) is 1. The van der Waals surface area contributed by atoms with E-state index < -0.39 is 0 Å². The number of benzene rings is 4. The van der Waals surface area contributed by atoms with Crippen LogP contribution in [0.5, 0.6) is 0 Å². The summed E-state index contributed by atoms with van der Waals surface area (Å²) in [6.07, 6.45) is 0. The molecule has 1 fully saturated rings. The minimum absolute atomic E-state index is 0.0431. The van der Waals surface area contributed by atoms with Crippen molar-refractivity contribution in [2.24, 2.45) is 0 Å². The Morgan fingerprint density at radius 2 is 1.76 bits per heavy atom. The molecule has 0 saturated carbocycles. The number of carbonyl (C=O) groups is 1. The van der Waals surface area contributed by atoms with Gasteiger partial charge in [0.05, 0.1) is 31.4 Å². The lowest BCUT2D eigenvalue weighted by atomic mass is 10.0. The topological polar surface area (TPSA) is 67.5 Å². The second-order valence-corrected chi connectivity index (χ2v) is 9.86. The molecule has 5 aromatic rings. The van der Waals surface area contributed by atoms with E-state index in [-0.39, 0.29) is 5.91 Å². The second kappa shape index (κ2) is 11.8. The van der Waals surface area contributed by atoms with E-state index in [2.05, 4.69) is 29.2 Å². The highest BCUT2D eigenvalue weighted by molar-refractivity contribution is 7.94. The Balaban J connectivity index is 0.000000237. The van der Waals surface area contributed by atoms with E-state index in [1.165, 1.54) is 17.4 Å². The molecule has 0 bridgehead atoms. The number of hydrogen-bond acceptors (Lipinski definition) is 5. The molecular weight excluding hydrogens is 506 g/mol. The summed E-state index contributed by atoms with van der Waals surface area (Å²) in [6, 6.07) is 27.6. The Bertz CT molecular complexity index is 1510. The molecule has 37 heavy (non-hydrogen) atoms. The standard InChI is InChI=1S/C22H19N3O2.C7H7ClOS/c26-22(25-10-12-27-13-11-25)16-8-9-19-20(14-16)24-21(23-19)18-7-3-5-15-4-1-2-6-17(15)18;1-9-10-7-4-2-6(8)3-5-7/h1-9,14H,10-13H2,(H,23,24);2-5H,1H3. The minimum atomic E-state index is 0.0431. The molecule has 1 saturated heterocycles. The van der Waals surface area contributed by atoms with E-state index in [9.17, 15) is 4.79 Å². The van der Waals surface area contributed by atoms with Gasteiger partial charge in [-0.15, -0.1) is 0 Å². The maximum Gasteiger partial charge on any atom is 0.254 e. The van der Waals surface area contributed by atoms with Crippen LogP contribution in [0.4, 0.5) is 0 Å². The van der Waals surface area contributed by atoms with E-state index in [0.29, 0.717) is 31.9 Å². The summed E-state index contributed by atoms with van der Waals surface area (Å²) in [5.41, 5.74) is 3.47. The molecule has 8 heteroatoms. The molecule has 1 N–H and O–H groups in total. The average molecular weight is 532 g/mol. The van der Waals surface area contributed by atoms with E-state index in [0.717, 1.165) is 37.7 Å². The largest absolute Gasteiger partial charge is 0.378 e. The summed E-state index contributed by atoms with van der Waals surface area (Å²) in [5.74, 6) is 0.860. The second-order valence-electron chi connectivity index (χ2n) is 8.45. The summed E-state index contributed by atoms with van der Waals surface area (Å²) in [4.78, 5) is 23.8. The summed E-state index contributed by atoms with van der Waals surface area (Å²) in [7, 11) is 1.64. The zero-order valence-electron chi connectivity index (χ0n) is 20.3. The van der Waals surface area contributed by atoms with Gasteiger partial charge in [0.15, 0.2) is 0 Å². The molecule has 6 rings (SSSR count). The fourth-order valence-electron chi connectivity index (χ4n) is 4.24. The van der Waals surface area contributed by atoms with Gasteiger partial charge < -0.3 is 18.8 Å². The zero-order valence-corrected chi connectivity index (χ0v) is 21.9. The molecule has 0 radical (unpaired) electrons. The van der Waals surface area contributed by atoms with Crippen molar-refractivity contribution in [1.82, 2.24) is 14.9 Å². The highest BCUT2D eigenvalue weighted by Gasteiger charge is 2.19. The van der Waals surface area contributed by atoms with Crippen molar-refractivity contribution in [3.05, 3.63) is 95.5 Å². The Labute approximate surface area is 224 Å². The summed E-state index contributed by atoms with van der Waals surface area (Å²) >= 11 is 6.99. The fourth-order valence-corrected chi connectivity index (χ4v) is 4.80. The van der Waals surface area contributed by atoms with Crippen molar-refractivity contribution >= 4 is 51.4 Å². The van der Waals surface area contributed by atoms with E-state index >= 15 is 0 Å². The molecule has 6 nitrogen and oxygen atoms in total. The van der Waals surface area contributed by atoms with Crippen molar-refractivity contribution in [3.8, 4) is 11.4 Å². The maximum absolute atomic E-state index is 12.7. The van der Waals surface area contributed by atoms with E-state index in [1.54, 1.807) is 7.11 Å². The van der Waals surface area contributed by atoms with Crippen LogP contribution in [0.15, 0.2) is 89.8 Å². The third-order valence-electron chi connectivity index (χ3n) is 6.07. The van der Waals surface area contributed by atoms with Crippen LogP contribution in [0, 0.1) is 0 Å². The van der Waals surface area contributed by atoms with Crippen molar-refractivity contribution in [2.75, 3.05) is 33.4 Å². The monoisotopic (exact) mass is 531 g/mol. The number of aromatic amines is 1. The number of carbonyl (C=O) groups excluding carboxylic acids is 1. The van der Waals surface area contributed by atoms with Crippen LogP contribution < -0.4 is 0 Å². The first kappa shape index (κ1) is 25.3. The van der Waals surface area contributed by atoms with Gasteiger partial charge in [0, 0.05) is 46.2 Å². The van der Waals surface area contributed by atoms with Gasteiger partial charge in [-0.3, -0.25) is 4.79 Å². The Morgan fingerprint density at radius 1 is 1.00 bits per heavy atom. The SMILES string of the molecule is COSc1ccc(Cl)cc1.O=C(c1ccc2nc(-c3cccc4ccccc34)[nH]c2c1)N1CCOCC1. The average Bonchev–Trinajstić information content (AvgIpc) is 3.38. The third-order valence-corrected chi connectivity index (χ3v) is 6.95. The van der Waals surface area contributed by atoms with Crippen LogP contribution in [-0.4, -0.2) is 54.2 Å². The summed E-state index contributed by atoms with van der Waals surface area (Å²) in [6.45, 7) is 2.48. The van der Waals surface area contributed by atoms with E-state index in [4.69, 9.17) is 25.5 Å². The van der Waals surface area contributed by atoms with Crippen LogP contribution in [0.1, 0.15) is 10.4 Å². The first-order valence-electron chi connectivity index (χ1n) is 11.9. The predicted molar refractivity (Wildman–Crippen MR) is 150 cm³/mol. The molecule has 1 aliphatic heterocycles. The first-order chi connectivity index (χ1) is 18.1. The number of nitrogens with one attached hydrogen (secondary N) is 1. The van der Waals surface area contributed by atoms with Crippen LogP contribution in [0.2, 0.25) is 5.02 Å². The number of ether oxygens (including phenoxy) is 1. The van der Waals surface area contributed by atoms with Gasteiger partial charge in [0.2, 0.25) is 0 Å². The maximum atomic E-state index is 12.7. The van der Waals surface area contributed by atoms with Crippen LogP contribution >= 0.6 is 23.6 Å². The molecule has 0 unspecified atom stereocenters. The molecule has 0 spiro atoms. The Morgan fingerprint density at radius 3 is 2.54 bits per heavy atom. The molecule has 4 aromatic carbocycles. The van der Waals surface area contributed by atoms with Gasteiger partial charge in [-0.25, -0.2) is 4.98 Å². The molecule has 0 aliphatic carbocycles. The van der Waals surface area contributed by atoms with E-state index in [1.807, 2.05) is 65.6 Å². The quantitative estimate of drug-likeness (QED) is 0.257.